The van der Waals surface area contributed by atoms with E-state index >= 15 is 0 Å². The SMILES string of the molecule is CCO[C@@H](C)c1nccn1C[C@H](O)CN1CCc2ccccc2C1. The summed E-state index contributed by atoms with van der Waals surface area (Å²) in [6, 6.07) is 8.58. The van der Waals surface area contributed by atoms with E-state index in [-0.39, 0.29) is 6.10 Å². The van der Waals surface area contributed by atoms with E-state index in [2.05, 4.69) is 34.1 Å². The maximum atomic E-state index is 10.5. The van der Waals surface area contributed by atoms with Gasteiger partial charge in [0.15, 0.2) is 0 Å². The summed E-state index contributed by atoms with van der Waals surface area (Å²) in [5.74, 6) is 0.875. The lowest BCUT2D eigenvalue weighted by atomic mass is 10.00. The number of rotatable bonds is 7. The third-order valence-electron chi connectivity index (χ3n) is 4.61. The fourth-order valence-corrected chi connectivity index (χ4v) is 3.45. The molecule has 2 aromatic rings. The Bertz CT molecular complexity index is 656. The van der Waals surface area contributed by atoms with Crippen LogP contribution >= 0.6 is 0 Å². The van der Waals surface area contributed by atoms with Gasteiger partial charge in [-0.2, -0.15) is 0 Å². The molecular formula is C19H27N3O2. The van der Waals surface area contributed by atoms with Crippen molar-refractivity contribution in [2.75, 3.05) is 19.7 Å². The van der Waals surface area contributed by atoms with E-state index < -0.39 is 6.10 Å². The predicted octanol–water partition coefficient (Wildman–Crippen LogP) is 2.40. The summed E-state index contributed by atoms with van der Waals surface area (Å²) in [6.45, 7) is 7.77. The number of aromatic nitrogens is 2. The Hall–Kier alpha value is -1.69. The lowest BCUT2D eigenvalue weighted by Crippen LogP contribution is -2.38. The molecule has 1 aliphatic heterocycles. The fraction of sp³-hybridized carbons (Fsp3) is 0.526. The third kappa shape index (κ3) is 4.04. The van der Waals surface area contributed by atoms with Gasteiger partial charge in [-0.15, -0.1) is 0 Å². The van der Waals surface area contributed by atoms with Gasteiger partial charge in [-0.25, -0.2) is 4.98 Å². The van der Waals surface area contributed by atoms with Gasteiger partial charge < -0.3 is 14.4 Å². The second-order valence-corrected chi connectivity index (χ2v) is 6.44. The van der Waals surface area contributed by atoms with E-state index in [1.165, 1.54) is 11.1 Å². The quantitative estimate of drug-likeness (QED) is 0.847. The third-order valence-corrected chi connectivity index (χ3v) is 4.61. The van der Waals surface area contributed by atoms with Crippen molar-refractivity contribution in [3.05, 3.63) is 53.6 Å². The summed E-state index contributed by atoms with van der Waals surface area (Å²) in [5, 5.41) is 10.5. The highest BCUT2D eigenvalue weighted by Gasteiger charge is 2.20. The van der Waals surface area contributed by atoms with Crippen LogP contribution in [0, 0.1) is 0 Å². The van der Waals surface area contributed by atoms with Crippen molar-refractivity contribution in [3.8, 4) is 0 Å². The number of β-amino-alcohol motifs (C(OH)–C–C–N with tert-alkyl or cyclic N) is 1. The summed E-state index contributed by atoms with van der Waals surface area (Å²) in [7, 11) is 0. The number of aliphatic hydroxyl groups excluding tert-OH is 1. The molecule has 1 N–H and O–H groups in total. The maximum absolute atomic E-state index is 10.5. The molecule has 0 spiro atoms. The molecule has 1 aromatic heterocycles. The Morgan fingerprint density at radius 2 is 2.04 bits per heavy atom. The number of fused-ring (bicyclic) bond motifs is 1. The summed E-state index contributed by atoms with van der Waals surface area (Å²) in [5.41, 5.74) is 2.81. The minimum absolute atomic E-state index is 0.0564. The maximum Gasteiger partial charge on any atom is 0.137 e. The van der Waals surface area contributed by atoms with Gasteiger partial charge in [0.1, 0.15) is 11.9 Å². The van der Waals surface area contributed by atoms with Crippen molar-refractivity contribution in [1.29, 1.82) is 0 Å². The zero-order chi connectivity index (χ0) is 16.9. The number of nitrogens with zero attached hydrogens (tertiary/aromatic N) is 3. The van der Waals surface area contributed by atoms with Crippen molar-refractivity contribution in [3.63, 3.8) is 0 Å². The minimum Gasteiger partial charge on any atom is -0.390 e. The zero-order valence-electron chi connectivity index (χ0n) is 14.6. The largest absolute Gasteiger partial charge is 0.390 e. The van der Waals surface area contributed by atoms with Gasteiger partial charge in [0.2, 0.25) is 0 Å². The highest BCUT2D eigenvalue weighted by molar-refractivity contribution is 5.29. The van der Waals surface area contributed by atoms with Crippen molar-refractivity contribution in [2.45, 2.75) is 45.6 Å². The standard InChI is InChI=1S/C19H27N3O2/c1-3-24-15(2)19-20-9-11-22(19)14-18(23)13-21-10-8-16-6-4-5-7-17(16)12-21/h4-7,9,11,15,18,23H,3,8,10,12-14H2,1-2H3/t15-,18+/m0/s1. The molecular weight excluding hydrogens is 302 g/mol. The minimum atomic E-state index is -0.419. The van der Waals surface area contributed by atoms with Crippen LogP contribution in [0.4, 0.5) is 0 Å². The Morgan fingerprint density at radius 1 is 1.25 bits per heavy atom. The Morgan fingerprint density at radius 3 is 2.83 bits per heavy atom. The molecule has 0 saturated heterocycles. The van der Waals surface area contributed by atoms with E-state index in [1.807, 2.05) is 24.6 Å². The molecule has 24 heavy (non-hydrogen) atoms. The van der Waals surface area contributed by atoms with Gasteiger partial charge in [0.05, 0.1) is 12.6 Å². The normalized spacial score (nSPS) is 17.5. The number of imidazole rings is 1. The Kier molecular flexibility index (Phi) is 5.66. The molecule has 0 fully saturated rings. The van der Waals surface area contributed by atoms with Crippen molar-refractivity contribution in [2.24, 2.45) is 0 Å². The molecule has 1 aliphatic rings. The number of hydrogen-bond donors (Lipinski definition) is 1. The van der Waals surface area contributed by atoms with E-state index in [4.69, 9.17) is 4.74 Å². The van der Waals surface area contributed by atoms with E-state index in [1.54, 1.807) is 6.20 Å². The van der Waals surface area contributed by atoms with Crippen LogP contribution in [-0.2, 0) is 24.2 Å². The lowest BCUT2D eigenvalue weighted by Gasteiger charge is -2.30. The molecule has 2 heterocycles. The zero-order valence-corrected chi connectivity index (χ0v) is 14.6. The van der Waals surface area contributed by atoms with Gasteiger partial charge >= 0.3 is 0 Å². The number of aliphatic hydroxyl groups is 1. The first-order valence-electron chi connectivity index (χ1n) is 8.77. The Labute approximate surface area is 143 Å². The van der Waals surface area contributed by atoms with Crippen molar-refractivity contribution in [1.82, 2.24) is 14.5 Å². The van der Waals surface area contributed by atoms with E-state index in [9.17, 15) is 5.11 Å². The molecule has 5 heteroatoms. The van der Waals surface area contributed by atoms with Gasteiger partial charge in [0.25, 0.3) is 0 Å². The van der Waals surface area contributed by atoms with Crippen molar-refractivity contribution >= 4 is 0 Å². The first kappa shape index (κ1) is 17.1. The molecule has 3 rings (SSSR count). The fourth-order valence-electron chi connectivity index (χ4n) is 3.45. The molecule has 130 valence electrons. The van der Waals surface area contributed by atoms with Crippen LogP contribution < -0.4 is 0 Å². The topological polar surface area (TPSA) is 50.5 Å². The molecule has 0 saturated carbocycles. The molecule has 1 aromatic carbocycles. The molecule has 0 radical (unpaired) electrons. The van der Waals surface area contributed by atoms with Gasteiger partial charge in [-0.1, -0.05) is 24.3 Å². The van der Waals surface area contributed by atoms with Crippen LogP contribution in [0.3, 0.4) is 0 Å². The highest BCUT2D eigenvalue weighted by atomic mass is 16.5. The second kappa shape index (κ2) is 7.92. The van der Waals surface area contributed by atoms with Gasteiger partial charge in [-0.05, 0) is 31.4 Å². The molecule has 0 unspecified atom stereocenters. The van der Waals surface area contributed by atoms with Crippen LogP contribution in [0.5, 0.6) is 0 Å². The average Bonchev–Trinajstić information content (AvgIpc) is 3.03. The highest BCUT2D eigenvalue weighted by Crippen LogP contribution is 2.19. The first-order valence-corrected chi connectivity index (χ1v) is 8.77. The summed E-state index contributed by atoms with van der Waals surface area (Å²) in [6.07, 6.45) is 4.27. The number of ether oxygens (including phenoxy) is 1. The predicted molar refractivity (Wildman–Crippen MR) is 93.7 cm³/mol. The summed E-state index contributed by atoms with van der Waals surface area (Å²) >= 11 is 0. The molecule has 2 atom stereocenters. The average molecular weight is 329 g/mol. The van der Waals surface area contributed by atoms with E-state index in [0.717, 1.165) is 25.3 Å². The van der Waals surface area contributed by atoms with Crippen LogP contribution in [0.1, 0.15) is 36.9 Å². The smallest absolute Gasteiger partial charge is 0.137 e. The van der Waals surface area contributed by atoms with Crippen molar-refractivity contribution < 1.29 is 9.84 Å². The van der Waals surface area contributed by atoms with Crippen LogP contribution in [0.2, 0.25) is 0 Å². The van der Waals surface area contributed by atoms with Gasteiger partial charge in [-0.3, -0.25) is 4.90 Å². The van der Waals surface area contributed by atoms with Crippen LogP contribution in [0.25, 0.3) is 0 Å². The molecule has 5 nitrogen and oxygen atoms in total. The summed E-state index contributed by atoms with van der Waals surface area (Å²) in [4.78, 5) is 6.71. The number of hydrogen-bond acceptors (Lipinski definition) is 4. The van der Waals surface area contributed by atoms with Crippen LogP contribution in [-0.4, -0.2) is 45.4 Å². The second-order valence-electron chi connectivity index (χ2n) is 6.44. The summed E-state index contributed by atoms with van der Waals surface area (Å²) < 4.78 is 7.62. The molecule has 0 amide bonds. The van der Waals surface area contributed by atoms with E-state index in [0.29, 0.717) is 19.7 Å². The molecule has 0 aliphatic carbocycles. The van der Waals surface area contributed by atoms with Crippen LogP contribution in [0.15, 0.2) is 36.7 Å². The monoisotopic (exact) mass is 329 g/mol. The first-order chi connectivity index (χ1) is 11.7. The van der Waals surface area contributed by atoms with Gasteiger partial charge in [0, 0.05) is 38.6 Å². The lowest BCUT2D eigenvalue weighted by molar-refractivity contribution is 0.0601. The number of benzene rings is 1. The molecule has 0 bridgehead atoms. The Balaban J connectivity index is 1.57.